The van der Waals surface area contributed by atoms with E-state index in [9.17, 15) is 0 Å². The molecule has 0 fully saturated rings. The first kappa shape index (κ1) is 16.9. The summed E-state index contributed by atoms with van der Waals surface area (Å²) in [7, 11) is 3.46. The summed E-state index contributed by atoms with van der Waals surface area (Å²) in [5, 5.41) is 3.34. The number of anilines is 1. The first-order valence-corrected chi connectivity index (χ1v) is 7.20. The van der Waals surface area contributed by atoms with Crippen molar-refractivity contribution in [2.45, 2.75) is 19.9 Å². The zero-order valence-corrected chi connectivity index (χ0v) is 12.9. The summed E-state index contributed by atoms with van der Waals surface area (Å²) >= 11 is 0. The van der Waals surface area contributed by atoms with Crippen LogP contribution in [-0.4, -0.2) is 52.1 Å². The Morgan fingerprint density at radius 1 is 1.20 bits per heavy atom. The molecule has 1 aromatic rings. The maximum absolute atomic E-state index is 5.18. The van der Waals surface area contributed by atoms with Crippen molar-refractivity contribution in [2.24, 2.45) is 0 Å². The van der Waals surface area contributed by atoms with Gasteiger partial charge in [-0.25, -0.2) is 4.98 Å². The predicted octanol–water partition coefficient (Wildman–Crippen LogP) is 1.68. The smallest absolute Gasteiger partial charge is 0.128 e. The van der Waals surface area contributed by atoms with Crippen molar-refractivity contribution in [3.05, 3.63) is 23.9 Å². The molecule has 0 saturated carbocycles. The zero-order chi connectivity index (χ0) is 14.6. The highest BCUT2D eigenvalue weighted by Gasteiger charge is 2.08. The van der Waals surface area contributed by atoms with E-state index in [-0.39, 0.29) is 0 Å². The monoisotopic (exact) mass is 281 g/mol. The topological polar surface area (TPSA) is 46.6 Å². The van der Waals surface area contributed by atoms with E-state index in [0.29, 0.717) is 6.61 Å². The highest BCUT2D eigenvalue weighted by molar-refractivity contribution is 5.41. The van der Waals surface area contributed by atoms with Crippen LogP contribution in [0.25, 0.3) is 0 Å². The molecule has 1 aromatic heterocycles. The summed E-state index contributed by atoms with van der Waals surface area (Å²) in [5.74, 6) is 1.01. The number of ether oxygens (including phenoxy) is 2. The Bertz CT molecular complexity index is 361. The summed E-state index contributed by atoms with van der Waals surface area (Å²) in [6.07, 6.45) is 2.86. The summed E-state index contributed by atoms with van der Waals surface area (Å²) in [6.45, 7) is 7.19. The van der Waals surface area contributed by atoms with Crippen LogP contribution in [-0.2, 0) is 16.0 Å². The van der Waals surface area contributed by atoms with Gasteiger partial charge < -0.3 is 19.7 Å². The second-order valence-electron chi connectivity index (χ2n) is 4.63. The highest BCUT2D eigenvalue weighted by atomic mass is 16.5. The molecule has 5 nitrogen and oxygen atoms in total. The Hall–Kier alpha value is -1.17. The summed E-state index contributed by atoms with van der Waals surface area (Å²) < 4.78 is 10.3. The van der Waals surface area contributed by atoms with E-state index in [1.807, 2.05) is 6.20 Å². The van der Waals surface area contributed by atoms with Gasteiger partial charge in [0.05, 0.1) is 6.61 Å². The number of hydrogen-bond acceptors (Lipinski definition) is 5. The maximum Gasteiger partial charge on any atom is 0.128 e. The fraction of sp³-hybridized carbons (Fsp3) is 0.667. The molecule has 0 aliphatic rings. The molecule has 0 atom stereocenters. The third kappa shape index (κ3) is 6.32. The van der Waals surface area contributed by atoms with Crippen molar-refractivity contribution in [1.29, 1.82) is 0 Å². The predicted molar refractivity (Wildman–Crippen MR) is 82.2 cm³/mol. The Morgan fingerprint density at radius 3 is 2.70 bits per heavy atom. The molecule has 0 radical (unpaired) electrons. The van der Waals surface area contributed by atoms with Crippen LogP contribution >= 0.6 is 0 Å². The molecule has 1 heterocycles. The highest BCUT2D eigenvalue weighted by Crippen LogP contribution is 2.13. The number of nitrogens with one attached hydrogen (secondary N) is 1. The Kier molecular flexibility index (Phi) is 8.95. The van der Waals surface area contributed by atoms with Gasteiger partial charge in [-0.15, -0.1) is 0 Å². The van der Waals surface area contributed by atoms with E-state index in [1.54, 1.807) is 14.2 Å². The SMILES string of the molecule is CCNCc1ccnc(N(CCCOC)CCOC)c1. The Balaban J connectivity index is 2.66. The molecule has 0 unspecified atom stereocenters. The molecule has 0 amide bonds. The van der Waals surface area contributed by atoms with Gasteiger partial charge >= 0.3 is 0 Å². The van der Waals surface area contributed by atoms with Crippen molar-refractivity contribution in [1.82, 2.24) is 10.3 Å². The number of methoxy groups -OCH3 is 2. The van der Waals surface area contributed by atoms with Crippen LogP contribution in [0.1, 0.15) is 18.9 Å². The Labute approximate surface area is 122 Å². The summed E-state index contributed by atoms with van der Waals surface area (Å²) in [6, 6.07) is 4.20. The second-order valence-corrected chi connectivity index (χ2v) is 4.63. The molecule has 114 valence electrons. The minimum absolute atomic E-state index is 0.700. The molecule has 0 bridgehead atoms. The fourth-order valence-electron chi connectivity index (χ4n) is 1.95. The van der Waals surface area contributed by atoms with Gasteiger partial charge in [-0.05, 0) is 30.7 Å². The van der Waals surface area contributed by atoms with Crippen molar-refractivity contribution in [2.75, 3.05) is 52.0 Å². The van der Waals surface area contributed by atoms with Gasteiger partial charge in [0.15, 0.2) is 0 Å². The molecule has 0 aromatic carbocycles. The van der Waals surface area contributed by atoms with Crippen LogP contribution < -0.4 is 10.2 Å². The molecule has 1 rings (SSSR count). The third-order valence-corrected chi connectivity index (χ3v) is 3.05. The molecule has 0 saturated heterocycles. The van der Waals surface area contributed by atoms with Gasteiger partial charge in [0.1, 0.15) is 5.82 Å². The zero-order valence-electron chi connectivity index (χ0n) is 12.9. The van der Waals surface area contributed by atoms with Crippen molar-refractivity contribution in [3.8, 4) is 0 Å². The maximum atomic E-state index is 5.18. The van der Waals surface area contributed by atoms with Crippen LogP contribution in [0.15, 0.2) is 18.3 Å². The normalized spacial score (nSPS) is 10.8. The van der Waals surface area contributed by atoms with Gasteiger partial charge in [0.2, 0.25) is 0 Å². The lowest BCUT2D eigenvalue weighted by molar-refractivity contribution is 0.191. The fourth-order valence-corrected chi connectivity index (χ4v) is 1.95. The lowest BCUT2D eigenvalue weighted by atomic mass is 10.2. The summed E-state index contributed by atoms with van der Waals surface area (Å²) in [4.78, 5) is 6.73. The first-order valence-electron chi connectivity index (χ1n) is 7.20. The number of pyridine rings is 1. The van der Waals surface area contributed by atoms with E-state index in [1.165, 1.54) is 5.56 Å². The van der Waals surface area contributed by atoms with E-state index < -0.39 is 0 Å². The number of aromatic nitrogens is 1. The second kappa shape index (κ2) is 10.6. The van der Waals surface area contributed by atoms with Crippen LogP contribution in [0, 0.1) is 0 Å². The van der Waals surface area contributed by atoms with Crippen molar-refractivity contribution >= 4 is 5.82 Å². The number of rotatable bonds is 11. The van der Waals surface area contributed by atoms with Crippen molar-refractivity contribution < 1.29 is 9.47 Å². The molecule has 0 aliphatic carbocycles. The lowest BCUT2D eigenvalue weighted by Crippen LogP contribution is -2.30. The molecule has 0 spiro atoms. The van der Waals surface area contributed by atoms with Crippen LogP contribution in [0.5, 0.6) is 0 Å². The summed E-state index contributed by atoms with van der Waals surface area (Å²) in [5.41, 5.74) is 1.26. The van der Waals surface area contributed by atoms with Crippen molar-refractivity contribution in [3.63, 3.8) is 0 Å². The van der Waals surface area contributed by atoms with E-state index in [4.69, 9.17) is 9.47 Å². The van der Waals surface area contributed by atoms with E-state index >= 15 is 0 Å². The minimum Gasteiger partial charge on any atom is -0.385 e. The molecule has 20 heavy (non-hydrogen) atoms. The first-order chi connectivity index (χ1) is 9.81. The number of hydrogen-bond donors (Lipinski definition) is 1. The molecule has 5 heteroatoms. The molecule has 1 N–H and O–H groups in total. The van der Waals surface area contributed by atoms with E-state index in [0.717, 1.165) is 45.0 Å². The van der Waals surface area contributed by atoms with Gasteiger partial charge in [0, 0.05) is 46.7 Å². The number of nitrogens with zero attached hydrogens (tertiary/aromatic N) is 2. The van der Waals surface area contributed by atoms with Crippen LogP contribution in [0.3, 0.4) is 0 Å². The molecular formula is C15H27N3O2. The molecular weight excluding hydrogens is 254 g/mol. The van der Waals surface area contributed by atoms with Gasteiger partial charge in [-0.3, -0.25) is 0 Å². The van der Waals surface area contributed by atoms with Gasteiger partial charge in [0.25, 0.3) is 0 Å². The lowest BCUT2D eigenvalue weighted by Gasteiger charge is -2.23. The quantitative estimate of drug-likeness (QED) is 0.625. The third-order valence-electron chi connectivity index (χ3n) is 3.05. The minimum atomic E-state index is 0.700. The van der Waals surface area contributed by atoms with Crippen LogP contribution in [0.2, 0.25) is 0 Å². The average molecular weight is 281 g/mol. The largest absolute Gasteiger partial charge is 0.385 e. The molecule has 0 aliphatic heterocycles. The van der Waals surface area contributed by atoms with Crippen LogP contribution in [0.4, 0.5) is 5.82 Å². The van der Waals surface area contributed by atoms with Gasteiger partial charge in [-0.2, -0.15) is 0 Å². The van der Waals surface area contributed by atoms with E-state index in [2.05, 4.69) is 34.3 Å². The standard InChI is InChI=1S/C15H27N3O2/c1-4-16-13-14-6-7-17-15(12-14)18(9-11-20-3)8-5-10-19-2/h6-7,12,16H,4-5,8-11,13H2,1-3H3. The van der Waals surface area contributed by atoms with Gasteiger partial charge in [-0.1, -0.05) is 6.92 Å². The Morgan fingerprint density at radius 2 is 2.00 bits per heavy atom. The average Bonchev–Trinajstić information content (AvgIpc) is 2.49.